The zero-order valence-electron chi connectivity index (χ0n) is 18.4. The molecule has 3 fully saturated rings. The van der Waals surface area contributed by atoms with Gasteiger partial charge in [0.2, 0.25) is 0 Å². The van der Waals surface area contributed by atoms with Crippen LogP contribution in [0.4, 0.5) is 0 Å². The summed E-state index contributed by atoms with van der Waals surface area (Å²) < 4.78 is 14.1. The summed E-state index contributed by atoms with van der Waals surface area (Å²) in [5.74, 6) is 1.99. The SMILES string of the molecule is CC(C)[C@H]1CC[C@]2(C)C(=O)C([Se]c3ccccc3)[C@H]3[C@H](C=CCCC34OCCO4)[C@H]12. The van der Waals surface area contributed by atoms with E-state index in [4.69, 9.17) is 9.47 Å². The Bertz CT molecular complexity index is 813. The first-order chi connectivity index (χ1) is 14.5. The molecule has 1 aliphatic heterocycles. The van der Waals surface area contributed by atoms with Crippen LogP contribution >= 0.6 is 0 Å². The van der Waals surface area contributed by atoms with Gasteiger partial charge in [-0.15, -0.1) is 0 Å². The summed E-state index contributed by atoms with van der Waals surface area (Å²) in [4.78, 5) is 14.3. The summed E-state index contributed by atoms with van der Waals surface area (Å²) in [5.41, 5.74) is -0.216. The number of carbonyl (C=O) groups is 1. The fourth-order valence-corrected chi connectivity index (χ4v) is 10.2. The minimum absolute atomic E-state index is 0.0120. The van der Waals surface area contributed by atoms with E-state index < -0.39 is 5.79 Å². The molecule has 3 aliphatic carbocycles. The van der Waals surface area contributed by atoms with Crippen molar-refractivity contribution in [1.29, 1.82) is 0 Å². The first-order valence-electron chi connectivity index (χ1n) is 11.7. The summed E-state index contributed by atoms with van der Waals surface area (Å²) in [7, 11) is 0. The van der Waals surface area contributed by atoms with Gasteiger partial charge in [0.05, 0.1) is 0 Å². The van der Waals surface area contributed by atoms with E-state index in [1.54, 1.807) is 0 Å². The average Bonchev–Trinajstić information content (AvgIpc) is 3.30. The van der Waals surface area contributed by atoms with Gasteiger partial charge >= 0.3 is 187 Å². The van der Waals surface area contributed by atoms with Crippen LogP contribution in [0.3, 0.4) is 0 Å². The fraction of sp³-hybridized carbons (Fsp3) is 0.654. The molecule has 0 N–H and O–H groups in total. The van der Waals surface area contributed by atoms with Crippen molar-refractivity contribution in [3.8, 4) is 0 Å². The number of ether oxygens (including phenoxy) is 2. The predicted molar refractivity (Wildman–Crippen MR) is 120 cm³/mol. The Morgan fingerprint density at radius 2 is 1.80 bits per heavy atom. The second kappa shape index (κ2) is 7.89. The molecule has 1 aromatic rings. The summed E-state index contributed by atoms with van der Waals surface area (Å²) in [6, 6.07) is 10.6. The topological polar surface area (TPSA) is 35.5 Å². The maximum absolute atomic E-state index is 14.3. The van der Waals surface area contributed by atoms with Gasteiger partial charge < -0.3 is 0 Å². The molecule has 1 aromatic carbocycles. The van der Waals surface area contributed by atoms with Crippen LogP contribution in [0.1, 0.15) is 46.5 Å². The van der Waals surface area contributed by atoms with Crippen LogP contribution < -0.4 is 4.46 Å². The molecule has 4 aliphatic rings. The normalized spacial score (nSPS) is 39.9. The second-order valence-electron chi connectivity index (χ2n) is 10.2. The molecule has 1 spiro atoms. The van der Waals surface area contributed by atoms with Gasteiger partial charge in [-0.1, -0.05) is 0 Å². The molecule has 3 nitrogen and oxygen atoms in total. The van der Waals surface area contributed by atoms with Crippen molar-refractivity contribution in [1.82, 2.24) is 0 Å². The Morgan fingerprint density at radius 1 is 1.07 bits per heavy atom. The Hall–Kier alpha value is -0.931. The molecule has 2 saturated carbocycles. The van der Waals surface area contributed by atoms with E-state index in [-0.39, 0.29) is 31.1 Å². The molecule has 162 valence electrons. The molecule has 5 rings (SSSR count). The Kier molecular flexibility index (Phi) is 5.51. The van der Waals surface area contributed by atoms with Crippen molar-refractivity contribution in [2.45, 2.75) is 57.1 Å². The van der Waals surface area contributed by atoms with Crippen LogP contribution in [0.25, 0.3) is 0 Å². The van der Waals surface area contributed by atoms with Gasteiger partial charge in [0, 0.05) is 0 Å². The van der Waals surface area contributed by atoms with Crippen LogP contribution in [-0.2, 0) is 14.3 Å². The Balaban J connectivity index is 1.63. The van der Waals surface area contributed by atoms with E-state index in [1.807, 2.05) is 0 Å². The average molecular weight is 474 g/mol. The van der Waals surface area contributed by atoms with Gasteiger partial charge in [0.1, 0.15) is 0 Å². The Morgan fingerprint density at radius 3 is 2.50 bits per heavy atom. The first-order valence-corrected chi connectivity index (χ1v) is 13.5. The quantitative estimate of drug-likeness (QED) is 0.482. The van der Waals surface area contributed by atoms with Crippen molar-refractivity contribution < 1.29 is 14.3 Å². The second-order valence-corrected chi connectivity index (χ2v) is 12.7. The number of ketones is 1. The number of rotatable bonds is 3. The fourth-order valence-electron chi connectivity index (χ4n) is 6.99. The molecule has 4 heteroatoms. The van der Waals surface area contributed by atoms with Crippen LogP contribution in [0.15, 0.2) is 42.5 Å². The molecule has 0 bridgehead atoms. The molecule has 1 unspecified atom stereocenters. The van der Waals surface area contributed by atoms with Gasteiger partial charge in [0.25, 0.3) is 0 Å². The number of Topliss-reactive ketones (excluding diaryl/α,β-unsaturated/α-hetero) is 1. The van der Waals surface area contributed by atoms with Crippen molar-refractivity contribution in [2.75, 3.05) is 13.2 Å². The molecule has 0 radical (unpaired) electrons. The third-order valence-electron chi connectivity index (χ3n) is 8.34. The number of fused-ring (bicyclic) bond motifs is 4. The molecule has 0 amide bonds. The molecular weight excluding hydrogens is 439 g/mol. The van der Waals surface area contributed by atoms with Gasteiger partial charge in [-0.2, -0.15) is 0 Å². The molecule has 1 heterocycles. The van der Waals surface area contributed by atoms with Crippen molar-refractivity contribution in [3.05, 3.63) is 42.5 Å². The zero-order chi connectivity index (χ0) is 20.9. The van der Waals surface area contributed by atoms with Crippen molar-refractivity contribution >= 4 is 25.2 Å². The molecule has 1 saturated heterocycles. The number of hydrogen-bond donors (Lipinski definition) is 0. The number of benzene rings is 1. The van der Waals surface area contributed by atoms with E-state index in [1.165, 1.54) is 10.9 Å². The molecule has 6 atom stereocenters. The van der Waals surface area contributed by atoms with Crippen LogP contribution in [0.2, 0.25) is 4.82 Å². The van der Waals surface area contributed by atoms with Gasteiger partial charge in [-0.25, -0.2) is 0 Å². The molecule has 0 aromatic heterocycles. The van der Waals surface area contributed by atoms with Crippen molar-refractivity contribution in [2.24, 2.45) is 35.0 Å². The van der Waals surface area contributed by atoms with Gasteiger partial charge in [-0.05, 0) is 0 Å². The standard InChI is InChI=1S/C26H34O3Se/c1-17(2)19-12-14-25(3)21(19)20-11-7-8-13-26(28-15-16-29-26)22(20)23(24(25)27)30-18-9-5-4-6-10-18/h4-7,9-11,17,19-23H,8,12-16H2,1-3H3/t19-,20-,21+,22-,23?,25+/m1/s1. The molecule has 30 heavy (non-hydrogen) atoms. The number of hydrogen-bond acceptors (Lipinski definition) is 3. The molecular formula is C26H34O3Se. The summed E-state index contributed by atoms with van der Waals surface area (Å²) in [5, 5.41) is 0. The van der Waals surface area contributed by atoms with E-state index in [9.17, 15) is 4.79 Å². The third-order valence-corrected chi connectivity index (χ3v) is 11.1. The summed E-state index contributed by atoms with van der Waals surface area (Å²) >= 11 is 0.0750. The maximum atomic E-state index is 14.3. The minimum atomic E-state index is -0.587. The zero-order valence-corrected chi connectivity index (χ0v) is 20.1. The number of carbonyl (C=O) groups excluding carboxylic acids is 1. The van der Waals surface area contributed by atoms with Crippen LogP contribution in [0, 0.1) is 35.0 Å². The first kappa shape index (κ1) is 20.9. The van der Waals surface area contributed by atoms with Gasteiger partial charge in [0.15, 0.2) is 0 Å². The van der Waals surface area contributed by atoms with Crippen LogP contribution in [0.5, 0.6) is 0 Å². The predicted octanol–water partition coefficient (Wildman–Crippen LogP) is 4.40. The monoisotopic (exact) mass is 474 g/mol. The van der Waals surface area contributed by atoms with Gasteiger partial charge in [-0.3, -0.25) is 0 Å². The van der Waals surface area contributed by atoms with Crippen LogP contribution in [-0.4, -0.2) is 39.7 Å². The van der Waals surface area contributed by atoms with E-state index in [0.29, 0.717) is 42.7 Å². The summed E-state index contributed by atoms with van der Waals surface area (Å²) in [6.07, 6.45) is 8.87. The van der Waals surface area contributed by atoms with E-state index in [0.717, 1.165) is 19.3 Å². The third kappa shape index (κ3) is 3.18. The Labute approximate surface area is 187 Å². The van der Waals surface area contributed by atoms with Crippen molar-refractivity contribution in [3.63, 3.8) is 0 Å². The van der Waals surface area contributed by atoms with E-state index >= 15 is 0 Å². The number of allylic oxidation sites excluding steroid dienone is 2. The summed E-state index contributed by atoms with van der Waals surface area (Å²) in [6.45, 7) is 8.27. The van der Waals surface area contributed by atoms with E-state index in [2.05, 4.69) is 63.3 Å².